The number of hydrogen-bond donors (Lipinski definition) is 1. The van der Waals surface area contributed by atoms with E-state index in [0.29, 0.717) is 5.75 Å². The van der Waals surface area contributed by atoms with Gasteiger partial charge < -0.3 is 9.84 Å². The van der Waals surface area contributed by atoms with Crippen LogP contribution in [-0.4, -0.2) is 35.7 Å². The Morgan fingerprint density at radius 1 is 0.933 bits per heavy atom. The van der Waals surface area contributed by atoms with E-state index in [1.165, 1.54) is 57.6 Å². The van der Waals surface area contributed by atoms with Crippen LogP contribution in [0.25, 0.3) is 0 Å². The van der Waals surface area contributed by atoms with Crippen LogP contribution in [0.3, 0.4) is 0 Å². The first-order valence-corrected chi connectivity index (χ1v) is 12.7. The molecule has 1 N–H and O–H groups in total. The molecule has 1 aromatic carbocycles. The van der Waals surface area contributed by atoms with E-state index in [1.54, 1.807) is 11.8 Å². The molecule has 1 rings (SSSR count). The predicted molar refractivity (Wildman–Crippen MR) is 126 cm³/mol. The van der Waals surface area contributed by atoms with Crippen LogP contribution in [0, 0.1) is 0 Å². The molecule has 0 spiro atoms. The Labute approximate surface area is 187 Å². The molecule has 0 saturated carbocycles. The van der Waals surface area contributed by atoms with Crippen molar-refractivity contribution in [2.45, 2.75) is 89.9 Å². The molecular formula is C25H40O4S. The van der Waals surface area contributed by atoms with Gasteiger partial charge in [-0.05, 0) is 42.6 Å². The second-order valence-corrected chi connectivity index (χ2v) is 9.17. The van der Waals surface area contributed by atoms with Gasteiger partial charge in [-0.15, -0.1) is 0 Å². The average Bonchev–Trinajstić information content (AvgIpc) is 2.75. The number of rotatable bonds is 18. The number of carbonyl (C=O) groups excluding carboxylic acids is 1. The third kappa shape index (κ3) is 12.3. The van der Waals surface area contributed by atoms with Gasteiger partial charge in [-0.1, -0.05) is 76.1 Å². The number of methoxy groups -OCH3 is 1. The summed E-state index contributed by atoms with van der Waals surface area (Å²) in [5.74, 6) is 0.442. The fraction of sp³-hybridized carbons (Fsp3) is 0.680. The number of carboxylic acids is 1. The number of carboxylic acid groups (broad SMARTS) is 1. The average molecular weight is 437 g/mol. The number of hydrogen-bond acceptors (Lipinski definition) is 4. The number of aliphatic carboxylic acids is 1. The second kappa shape index (κ2) is 17.2. The smallest absolute Gasteiger partial charge is 0.313 e. The number of esters is 1. The number of aryl methyl sites for hydroxylation is 1. The summed E-state index contributed by atoms with van der Waals surface area (Å²) in [6.07, 6.45) is 13.2. The number of benzene rings is 1. The monoisotopic (exact) mass is 436 g/mol. The molecule has 0 saturated heterocycles. The molecular weight excluding hydrogens is 396 g/mol. The van der Waals surface area contributed by atoms with Gasteiger partial charge in [0.2, 0.25) is 0 Å². The van der Waals surface area contributed by atoms with Crippen LogP contribution < -0.4 is 0 Å². The molecule has 5 heteroatoms. The van der Waals surface area contributed by atoms with Crippen LogP contribution in [0.4, 0.5) is 0 Å². The van der Waals surface area contributed by atoms with Gasteiger partial charge in [0, 0.05) is 5.75 Å². The maximum Gasteiger partial charge on any atom is 0.313 e. The standard InChI is InChI=1S/C25H40O4S/c1-3-4-5-6-7-8-9-12-21-14-16-22(17-15-21)23(25(28)29-2)13-10-11-19-30-20-18-24(26)27/h14-17,23H,3-13,18-20H2,1-2H3,(H,26,27). The number of thioether (sulfide) groups is 1. The van der Waals surface area contributed by atoms with E-state index >= 15 is 0 Å². The minimum atomic E-state index is -0.747. The highest BCUT2D eigenvalue weighted by Crippen LogP contribution is 2.25. The minimum absolute atomic E-state index is 0.173. The van der Waals surface area contributed by atoms with Gasteiger partial charge >= 0.3 is 11.9 Å². The summed E-state index contributed by atoms with van der Waals surface area (Å²) in [5.41, 5.74) is 2.37. The Morgan fingerprint density at radius 3 is 2.23 bits per heavy atom. The molecule has 0 aliphatic rings. The molecule has 1 aromatic rings. The molecule has 170 valence electrons. The first kappa shape index (κ1) is 26.5. The zero-order chi connectivity index (χ0) is 22.0. The third-order valence-corrected chi connectivity index (χ3v) is 6.50. The molecule has 1 unspecified atom stereocenters. The van der Waals surface area contributed by atoms with Gasteiger partial charge in [-0.2, -0.15) is 11.8 Å². The van der Waals surface area contributed by atoms with Gasteiger partial charge in [0.05, 0.1) is 19.4 Å². The summed E-state index contributed by atoms with van der Waals surface area (Å²) in [5, 5.41) is 8.66. The highest BCUT2D eigenvalue weighted by molar-refractivity contribution is 7.99. The molecule has 0 aromatic heterocycles. The summed E-state index contributed by atoms with van der Waals surface area (Å²) in [6, 6.07) is 8.48. The van der Waals surface area contributed by atoms with Crippen LogP contribution in [0.1, 0.15) is 94.6 Å². The van der Waals surface area contributed by atoms with Crippen LogP contribution >= 0.6 is 11.8 Å². The van der Waals surface area contributed by atoms with Gasteiger partial charge in [0.15, 0.2) is 0 Å². The Bertz CT molecular complexity index is 585. The topological polar surface area (TPSA) is 63.6 Å². The Balaban J connectivity index is 2.36. The summed E-state index contributed by atoms with van der Waals surface area (Å²) in [7, 11) is 1.45. The van der Waals surface area contributed by atoms with Crippen LogP contribution in [0.5, 0.6) is 0 Å². The number of unbranched alkanes of at least 4 members (excludes halogenated alkanes) is 7. The zero-order valence-electron chi connectivity index (χ0n) is 18.9. The Kier molecular flexibility index (Phi) is 15.2. The molecule has 0 bridgehead atoms. The molecule has 0 heterocycles. The normalized spacial score (nSPS) is 11.9. The number of carbonyl (C=O) groups is 2. The lowest BCUT2D eigenvalue weighted by Gasteiger charge is -2.15. The fourth-order valence-electron chi connectivity index (χ4n) is 3.58. The van der Waals surface area contributed by atoms with E-state index in [1.807, 2.05) is 0 Å². The summed E-state index contributed by atoms with van der Waals surface area (Å²) in [6.45, 7) is 2.25. The fourth-order valence-corrected chi connectivity index (χ4v) is 4.51. The van der Waals surface area contributed by atoms with Gasteiger partial charge in [-0.3, -0.25) is 9.59 Å². The van der Waals surface area contributed by atoms with Crippen molar-refractivity contribution in [2.75, 3.05) is 18.6 Å². The van der Waals surface area contributed by atoms with E-state index in [2.05, 4.69) is 31.2 Å². The highest BCUT2D eigenvalue weighted by Gasteiger charge is 2.20. The van der Waals surface area contributed by atoms with Gasteiger partial charge in [-0.25, -0.2) is 0 Å². The van der Waals surface area contributed by atoms with Gasteiger partial charge in [0.25, 0.3) is 0 Å². The zero-order valence-corrected chi connectivity index (χ0v) is 19.7. The molecule has 0 amide bonds. The summed E-state index contributed by atoms with van der Waals surface area (Å²) < 4.78 is 5.03. The Morgan fingerprint density at radius 2 is 1.60 bits per heavy atom. The lowest BCUT2D eigenvalue weighted by molar-refractivity contribution is -0.142. The lowest BCUT2D eigenvalue weighted by Crippen LogP contribution is -2.14. The molecule has 0 aliphatic heterocycles. The first-order valence-electron chi connectivity index (χ1n) is 11.5. The van der Waals surface area contributed by atoms with E-state index in [-0.39, 0.29) is 18.3 Å². The second-order valence-electron chi connectivity index (χ2n) is 7.94. The molecule has 30 heavy (non-hydrogen) atoms. The minimum Gasteiger partial charge on any atom is -0.481 e. The quantitative estimate of drug-likeness (QED) is 0.207. The number of ether oxygens (including phenoxy) is 1. The van der Waals surface area contributed by atoms with E-state index in [9.17, 15) is 9.59 Å². The van der Waals surface area contributed by atoms with Crippen molar-refractivity contribution < 1.29 is 19.4 Å². The maximum absolute atomic E-state index is 12.3. The predicted octanol–water partition coefficient (Wildman–Crippen LogP) is 6.61. The van der Waals surface area contributed by atoms with Crippen LogP contribution in [0.15, 0.2) is 24.3 Å². The molecule has 0 radical (unpaired) electrons. The summed E-state index contributed by atoms with van der Waals surface area (Å²) >= 11 is 1.66. The molecule has 0 aliphatic carbocycles. The van der Waals surface area contributed by atoms with Crippen molar-refractivity contribution in [1.29, 1.82) is 0 Å². The first-order chi connectivity index (χ1) is 14.6. The van der Waals surface area contributed by atoms with Crippen molar-refractivity contribution in [3.8, 4) is 0 Å². The molecule has 1 atom stereocenters. The van der Waals surface area contributed by atoms with E-state index in [4.69, 9.17) is 9.84 Å². The van der Waals surface area contributed by atoms with Crippen LogP contribution in [-0.2, 0) is 20.7 Å². The molecule has 4 nitrogen and oxygen atoms in total. The summed E-state index contributed by atoms with van der Waals surface area (Å²) in [4.78, 5) is 22.8. The third-order valence-electron chi connectivity index (χ3n) is 5.43. The Hall–Kier alpha value is -1.49. The van der Waals surface area contributed by atoms with Crippen LogP contribution in [0.2, 0.25) is 0 Å². The van der Waals surface area contributed by atoms with Crippen molar-refractivity contribution in [2.24, 2.45) is 0 Å². The van der Waals surface area contributed by atoms with Crippen molar-refractivity contribution in [3.05, 3.63) is 35.4 Å². The maximum atomic E-state index is 12.3. The molecule has 0 fully saturated rings. The SMILES string of the molecule is CCCCCCCCCc1ccc(C(CCCCSCCC(=O)O)C(=O)OC)cc1. The van der Waals surface area contributed by atoms with E-state index < -0.39 is 5.97 Å². The highest BCUT2D eigenvalue weighted by atomic mass is 32.2. The van der Waals surface area contributed by atoms with E-state index in [0.717, 1.165) is 37.0 Å². The lowest BCUT2D eigenvalue weighted by atomic mass is 9.92. The van der Waals surface area contributed by atoms with Crippen molar-refractivity contribution in [3.63, 3.8) is 0 Å². The van der Waals surface area contributed by atoms with Gasteiger partial charge in [0.1, 0.15) is 0 Å². The van der Waals surface area contributed by atoms with Crippen molar-refractivity contribution in [1.82, 2.24) is 0 Å². The largest absolute Gasteiger partial charge is 0.481 e. The van der Waals surface area contributed by atoms with Crippen molar-refractivity contribution >= 4 is 23.7 Å².